The van der Waals surface area contributed by atoms with Gasteiger partial charge >= 0.3 is 0 Å². The summed E-state index contributed by atoms with van der Waals surface area (Å²) in [5.41, 5.74) is 0.631. The SMILES string of the molecule is COc1ccc(NC(=O)/C(C#N)=C\N(C)C2CCCCC2)cc1OC. The fraction of sp³-hybridized carbons (Fsp3) is 0.474. The second kappa shape index (κ2) is 8.97. The first-order valence-electron chi connectivity index (χ1n) is 8.46. The lowest BCUT2D eigenvalue weighted by Gasteiger charge is -2.30. The number of amides is 1. The van der Waals surface area contributed by atoms with Crippen LogP contribution >= 0.6 is 0 Å². The van der Waals surface area contributed by atoms with E-state index in [1.165, 1.54) is 26.4 Å². The highest BCUT2D eigenvalue weighted by molar-refractivity contribution is 6.06. The minimum Gasteiger partial charge on any atom is -0.493 e. The van der Waals surface area contributed by atoms with Gasteiger partial charge in [-0.2, -0.15) is 5.26 Å². The molecule has 1 N–H and O–H groups in total. The van der Waals surface area contributed by atoms with Crippen molar-refractivity contribution in [3.05, 3.63) is 30.0 Å². The Morgan fingerprint density at radius 1 is 1.24 bits per heavy atom. The molecule has 0 spiro atoms. The molecule has 0 radical (unpaired) electrons. The summed E-state index contributed by atoms with van der Waals surface area (Å²) in [6, 6.07) is 7.47. The van der Waals surface area contributed by atoms with Gasteiger partial charge in [0, 0.05) is 31.0 Å². The molecule has 0 bridgehead atoms. The molecule has 1 aromatic rings. The van der Waals surface area contributed by atoms with E-state index in [4.69, 9.17) is 9.47 Å². The highest BCUT2D eigenvalue weighted by Gasteiger charge is 2.18. The first-order chi connectivity index (χ1) is 12.1. The average molecular weight is 343 g/mol. The first-order valence-corrected chi connectivity index (χ1v) is 8.46. The van der Waals surface area contributed by atoms with Crippen LogP contribution in [-0.4, -0.2) is 38.1 Å². The Morgan fingerprint density at radius 3 is 2.52 bits per heavy atom. The summed E-state index contributed by atoms with van der Waals surface area (Å²) in [7, 11) is 5.01. The van der Waals surface area contributed by atoms with Gasteiger partial charge in [0.2, 0.25) is 0 Å². The van der Waals surface area contributed by atoms with Crippen molar-refractivity contribution in [3.63, 3.8) is 0 Å². The molecule has 134 valence electrons. The molecule has 1 aromatic carbocycles. The fourth-order valence-electron chi connectivity index (χ4n) is 3.05. The Kier molecular flexibility index (Phi) is 6.70. The van der Waals surface area contributed by atoms with E-state index in [1.807, 2.05) is 18.0 Å². The Labute approximate surface area is 149 Å². The highest BCUT2D eigenvalue weighted by atomic mass is 16.5. The minimum atomic E-state index is -0.433. The van der Waals surface area contributed by atoms with Crippen LogP contribution in [0.4, 0.5) is 5.69 Å². The lowest BCUT2D eigenvalue weighted by Crippen LogP contribution is -2.30. The van der Waals surface area contributed by atoms with Crippen LogP contribution in [0.1, 0.15) is 32.1 Å². The van der Waals surface area contributed by atoms with E-state index in [9.17, 15) is 10.1 Å². The maximum atomic E-state index is 12.4. The molecule has 1 fully saturated rings. The zero-order chi connectivity index (χ0) is 18.2. The number of nitriles is 1. The van der Waals surface area contributed by atoms with Gasteiger partial charge in [-0.25, -0.2) is 0 Å². The van der Waals surface area contributed by atoms with E-state index in [0.29, 0.717) is 23.2 Å². The van der Waals surface area contributed by atoms with Gasteiger partial charge in [0.1, 0.15) is 11.6 Å². The molecule has 0 saturated heterocycles. The normalized spacial score (nSPS) is 15.2. The molecule has 6 nitrogen and oxygen atoms in total. The molecule has 0 heterocycles. The molecule has 0 unspecified atom stereocenters. The lowest BCUT2D eigenvalue weighted by molar-refractivity contribution is -0.112. The minimum absolute atomic E-state index is 0.0860. The topological polar surface area (TPSA) is 74.6 Å². The molecular formula is C19H25N3O3. The summed E-state index contributed by atoms with van der Waals surface area (Å²) in [6.07, 6.45) is 7.50. The number of hydrogen-bond acceptors (Lipinski definition) is 5. The van der Waals surface area contributed by atoms with E-state index in [1.54, 1.807) is 31.5 Å². The van der Waals surface area contributed by atoms with E-state index >= 15 is 0 Å². The van der Waals surface area contributed by atoms with E-state index < -0.39 is 5.91 Å². The summed E-state index contributed by atoms with van der Waals surface area (Å²) in [4.78, 5) is 14.4. The van der Waals surface area contributed by atoms with Crippen molar-refractivity contribution in [1.29, 1.82) is 5.26 Å². The van der Waals surface area contributed by atoms with E-state index in [0.717, 1.165) is 12.8 Å². The summed E-state index contributed by atoms with van der Waals surface area (Å²) < 4.78 is 10.4. The van der Waals surface area contributed by atoms with Gasteiger partial charge in [-0.3, -0.25) is 4.79 Å². The number of nitrogens with one attached hydrogen (secondary N) is 1. The van der Waals surface area contributed by atoms with Crippen molar-refractivity contribution in [2.24, 2.45) is 0 Å². The van der Waals surface area contributed by atoms with Gasteiger partial charge in [-0.1, -0.05) is 19.3 Å². The number of carbonyl (C=O) groups excluding carboxylic acids is 1. The van der Waals surface area contributed by atoms with Crippen molar-refractivity contribution in [3.8, 4) is 17.6 Å². The number of rotatable bonds is 6. The van der Waals surface area contributed by atoms with Crippen LogP contribution in [0.5, 0.6) is 11.5 Å². The van der Waals surface area contributed by atoms with Gasteiger partial charge in [0.15, 0.2) is 11.5 Å². The molecule has 6 heteroatoms. The zero-order valence-corrected chi connectivity index (χ0v) is 15.0. The second-order valence-electron chi connectivity index (χ2n) is 6.14. The van der Waals surface area contributed by atoms with Crippen molar-refractivity contribution < 1.29 is 14.3 Å². The summed E-state index contributed by atoms with van der Waals surface area (Å²) in [5, 5.41) is 12.1. The lowest BCUT2D eigenvalue weighted by atomic mass is 9.94. The molecule has 25 heavy (non-hydrogen) atoms. The van der Waals surface area contributed by atoms with Gasteiger partial charge in [0.05, 0.1) is 14.2 Å². The van der Waals surface area contributed by atoms with Crippen molar-refractivity contribution in [2.75, 3.05) is 26.6 Å². The summed E-state index contributed by atoms with van der Waals surface area (Å²) >= 11 is 0. The van der Waals surface area contributed by atoms with Crippen LogP contribution in [0, 0.1) is 11.3 Å². The Hall–Kier alpha value is -2.68. The summed E-state index contributed by atoms with van der Waals surface area (Å²) in [5.74, 6) is 0.660. The predicted octanol–water partition coefficient (Wildman–Crippen LogP) is 3.31. The number of benzene rings is 1. The largest absolute Gasteiger partial charge is 0.493 e. The predicted molar refractivity (Wildman–Crippen MR) is 96.5 cm³/mol. The molecule has 0 aromatic heterocycles. The maximum Gasteiger partial charge on any atom is 0.267 e. The number of anilines is 1. The Morgan fingerprint density at radius 2 is 1.92 bits per heavy atom. The van der Waals surface area contributed by atoms with Crippen LogP contribution in [0.15, 0.2) is 30.0 Å². The number of nitrogens with zero attached hydrogens (tertiary/aromatic N) is 2. The molecule has 1 amide bonds. The van der Waals surface area contributed by atoms with Gasteiger partial charge in [0.25, 0.3) is 5.91 Å². The molecule has 0 aliphatic heterocycles. The Bertz CT molecular complexity index is 673. The van der Waals surface area contributed by atoms with Crippen LogP contribution in [-0.2, 0) is 4.79 Å². The molecule has 1 aliphatic rings. The van der Waals surface area contributed by atoms with E-state index in [-0.39, 0.29) is 5.57 Å². The third kappa shape index (κ3) is 4.90. The highest BCUT2D eigenvalue weighted by Crippen LogP contribution is 2.30. The monoisotopic (exact) mass is 343 g/mol. The second-order valence-corrected chi connectivity index (χ2v) is 6.14. The Balaban J connectivity index is 2.09. The average Bonchev–Trinajstić information content (AvgIpc) is 2.66. The number of carbonyl (C=O) groups is 1. The van der Waals surface area contributed by atoms with Crippen LogP contribution in [0.3, 0.4) is 0 Å². The number of ether oxygens (including phenoxy) is 2. The molecule has 1 saturated carbocycles. The quantitative estimate of drug-likeness (QED) is 0.633. The van der Waals surface area contributed by atoms with Gasteiger partial charge < -0.3 is 19.7 Å². The third-order valence-electron chi connectivity index (χ3n) is 4.49. The van der Waals surface area contributed by atoms with Crippen molar-refractivity contribution in [1.82, 2.24) is 4.90 Å². The smallest absolute Gasteiger partial charge is 0.267 e. The maximum absolute atomic E-state index is 12.4. The van der Waals surface area contributed by atoms with Crippen molar-refractivity contribution >= 4 is 11.6 Å². The van der Waals surface area contributed by atoms with Crippen molar-refractivity contribution in [2.45, 2.75) is 38.1 Å². The van der Waals surface area contributed by atoms with E-state index in [2.05, 4.69) is 5.32 Å². The zero-order valence-electron chi connectivity index (χ0n) is 15.0. The van der Waals surface area contributed by atoms with Crippen LogP contribution < -0.4 is 14.8 Å². The first kappa shape index (κ1) is 18.7. The molecular weight excluding hydrogens is 318 g/mol. The fourth-order valence-corrected chi connectivity index (χ4v) is 3.05. The summed E-state index contributed by atoms with van der Waals surface area (Å²) in [6.45, 7) is 0. The van der Waals surface area contributed by atoms with Crippen LogP contribution in [0.2, 0.25) is 0 Å². The third-order valence-corrected chi connectivity index (χ3v) is 4.49. The number of methoxy groups -OCH3 is 2. The molecule has 2 rings (SSSR count). The van der Waals surface area contributed by atoms with Crippen LogP contribution in [0.25, 0.3) is 0 Å². The molecule has 0 atom stereocenters. The number of hydrogen-bond donors (Lipinski definition) is 1. The van der Waals surface area contributed by atoms with Gasteiger partial charge in [-0.15, -0.1) is 0 Å². The standard InChI is InChI=1S/C19H25N3O3/c1-22(16-7-5-4-6-8-16)13-14(12-20)19(23)21-15-9-10-17(24-2)18(11-15)25-3/h9-11,13,16H,4-8H2,1-3H3,(H,21,23)/b14-13-. The van der Waals surface area contributed by atoms with Gasteiger partial charge in [-0.05, 0) is 25.0 Å². The molecule has 1 aliphatic carbocycles.